The van der Waals surface area contributed by atoms with Gasteiger partial charge in [0.1, 0.15) is 18.2 Å². The number of aromatic nitrogens is 3. The van der Waals surface area contributed by atoms with Gasteiger partial charge in [-0.15, -0.1) is 24.0 Å². The quantitative estimate of drug-likeness (QED) is 0.185. The van der Waals surface area contributed by atoms with E-state index in [0.717, 1.165) is 43.5 Å². The van der Waals surface area contributed by atoms with E-state index in [2.05, 4.69) is 31.0 Å². The molecule has 1 atom stereocenters. The van der Waals surface area contributed by atoms with Gasteiger partial charge in [0, 0.05) is 38.2 Å². The van der Waals surface area contributed by atoms with Crippen molar-refractivity contribution in [2.75, 3.05) is 33.9 Å². The number of halogens is 1. The summed E-state index contributed by atoms with van der Waals surface area (Å²) in [6.45, 7) is 4.84. The monoisotopic (exact) mass is 557 g/mol. The van der Waals surface area contributed by atoms with Gasteiger partial charge >= 0.3 is 0 Å². The van der Waals surface area contributed by atoms with E-state index in [4.69, 9.17) is 9.47 Å². The van der Waals surface area contributed by atoms with Crippen molar-refractivity contribution in [1.82, 2.24) is 30.7 Å². The van der Waals surface area contributed by atoms with Gasteiger partial charge in [-0.1, -0.05) is 0 Å². The Balaban J connectivity index is 0.00000363. The number of carbonyl (C=O) groups excluding carboxylic acids is 1. The summed E-state index contributed by atoms with van der Waals surface area (Å²) >= 11 is 0. The lowest BCUT2D eigenvalue weighted by Gasteiger charge is -2.25. The van der Waals surface area contributed by atoms with Crippen LogP contribution in [0.15, 0.2) is 29.3 Å². The van der Waals surface area contributed by atoms with Gasteiger partial charge in [-0.3, -0.25) is 9.79 Å². The Labute approximate surface area is 205 Å². The first-order chi connectivity index (χ1) is 15.1. The predicted octanol–water partition coefficient (Wildman–Crippen LogP) is 1.35. The number of carbonyl (C=O) groups is 1. The molecule has 3 N–H and O–H groups in total. The number of benzene rings is 1. The summed E-state index contributed by atoms with van der Waals surface area (Å²) in [6, 6.07) is 7.22. The molecular weight excluding hydrogens is 525 g/mol. The molecule has 11 heteroatoms. The van der Waals surface area contributed by atoms with Crippen molar-refractivity contribution < 1.29 is 14.3 Å². The summed E-state index contributed by atoms with van der Waals surface area (Å²) in [6.07, 6.45) is 1.80. The van der Waals surface area contributed by atoms with Crippen molar-refractivity contribution in [3.8, 4) is 5.75 Å². The second-order valence-electron chi connectivity index (χ2n) is 7.18. The number of guanidine groups is 1. The third-order valence-corrected chi connectivity index (χ3v) is 4.88. The van der Waals surface area contributed by atoms with Crippen LogP contribution in [-0.4, -0.2) is 66.5 Å². The van der Waals surface area contributed by atoms with Crippen LogP contribution in [0.25, 0.3) is 0 Å². The molecule has 32 heavy (non-hydrogen) atoms. The van der Waals surface area contributed by atoms with Crippen LogP contribution in [0, 0.1) is 0 Å². The lowest BCUT2D eigenvalue weighted by atomic mass is 10.1. The SMILES string of the molecule is CCNC(=NCCNC(=O)c1ccc(OC)cc1)NC1CCc2nc(COC)nn2C1.I. The molecule has 3 rings (SSSR count). The number of hydrogen-bond donors (Lipinski definition) is 3. The Morgan fingerprint density at radius 2 is 2.03 bits per heavy atom. The number of aryl methyl sites for hydroxylation is 1. The molecule has 1 aliphatic heterocycles. The number of aliphatic imine (C=N–C) groups is 1. The fraction of sp³-hybridized carbons (Fsp3) is 0.524. The lowest BCUT2D eigenvalue weighted by Crippen LogP contribution is -2.47. The van der Waals surface area contributed by atoms with Crippen LogP contribution in [0.3, 0.4) is 0 Å². The molecule has 2 aromatic rings. The van der Waals surface area contributed by atoms with Crippen molar-refractivity contribution in [2.24, 2.45) is 4.99 Å². The first-order valence-electron chi connectivity index (χ1n) is 10.5. The maximum absolute atomic E-state index is 12.2. The average Bonchev–Trinajstić information content (AvgIpc) is 3.18. The third kappa shape index (κ3) is 7.33. The minimum absolute atomic E-state index is 0. The van der Waals surface area contributed by atoms with Crippen molar-refractivity contribution in [2.45, 2.75) is 39.0 Å². The van der Waals surface area contributed by atoms with Crippen LogP contribution in [0.5, 0.6) is 5.75 Å². The van der Waals surface area contributed by atoms with E-state index < -0.39 is 0 Å². The molecule has 0 bridgehead atoms. The van der Waals surface area contributed by atoms with Crippen LogP contribution in [-0.2, 0) is 24.3 Å². The Kier molecular flexibility index (Phi) is 10.7. The zero-order valence-electron chi connectivity index (χ0n) is 18.8. The molecule has 0 fully saturated rings. The molecule has 0 saturated carbocycles. The van der Waals surface area contributed by atoms with Crippen LogP contribution in [0.1, 0.15) is 35.4 Å². The van der Waals surface area contributed by atoms with Gasteiger partial charge < -0.3 is 25.4 Å². The summed E-state index contributed by atoms with van der Waals surface area (Å²) < 4.78 is 12.2. The number of hydrogen-bond acceptors (Lipinski definition) is 6. The highest BCUT2D eigenvalue weighted by Crippen LogP contribution is 2.13. The molecule has 0 spiro atoms. The van der Waals surface area contributed by atoms with Gasteiger partial charge in [0.15, 0.2) is 11.8 Å². The van der Waals surface area contributed by atoms with Gasteiger partial charge in [-0.2, -0.15) is 5.10 Å². The average molecular weight is 557 g/mol. The van der Waals surface area contributed by atoms with Gasteiger partial charge in [0.25, 0.3) is 5.91 Å². The zero-order valence-corrected chi connectivity index (χ0v) is 21.1. The standard InChI is InChI=1S/C21H31N7O3.HI/c1-4-22-21(24-12-11-23-20(29)15-5-8-17(31-3)9-6-15)25-16-7-10-19-26-18(14-30-2)27-28(19)13-16;/h5-6,8-9,16H,4,7,10-14H2,1-3H3,(H,23,29)(H2,22,24,25);1H. The zero-order chi connectivity index (χ0) is 22.1. The molecule has 176 valence electrons. The summed E-state index contributed by atoms with van der Waals surface area (Å²) in [4.78, 5) is 21.3. The van der Waals surface area contributed by atoms with Crippen molar-refractivity contribution in [3.05, 3.63) is 41.5 Å². The Bertz CT molecular complexity index is 886. The third-order valence-electron chi connectivity index (χ3n) is 4.88. The number of nitrogens with one attached hydrogen (secondary N) is 3. The smallest absolute Gasteiger partial charge is 0.251 e. The van der Waals surface area contributed by atoms with E-state index >= 15 is 0 Å². The summed E-state index contributed by atoms with van der Waals surface area (Å²) in [7, 11) is 3.24. The highest BCUT2D eigenvalue weighted by atomic mass is 127. The minimum Gasteiger partial charge on any atom is -0.497 e. The number of fused-ring (bicyclic) bond motifs is 1. The van der Waals surface area contributed by atoms with E-state index in [1.54, 1.807) is 38.5 Å². The Morgan fingerprint density at radius 1 is 1.25 bits per heavy atom. The number of ether oxygens (including phenoxy) is 2. The fourth-order valence-corrected chi connectivity index (χ4v) is 3.36. The maximum atomic E-state index is 12.2. The predicted molar refractivity (Wildman–Crippen MR) is 133 cm³/mol. The van der Waals surface area contributed by atoms with Gasteiger partial charge in [-0.25, -0.2) is 9.67 Å². The normalized spacial score (nSPS) is 15.3. The highest BCUT2D eigenvalue weighted by Gasteiger charge is 2.22. The summed E-state index contributed by atoms with van der Waals surface area (Å²) in [5.41, 5.74) is 0.591. The molecule has 0 saturated heterocycles. The lowest BCUT2D eigenvalue weighted by molar-refractivity contribution is 0.0954. The summed E-state index contributed by atoms with van der Waals surface area (Å²) in [5, 5.41) is 14.1. The van der Waals surface area contributed by atoms with Gasteiger partial charge in [0.2, 0.25) is 0 Å². The molecule has 10 nitrogen and oxygen atoms in total. The van der Waals surface area contributed by atoms with E-state index in [1.807, 2.05) is 11.6 Å². The van der Waals surface area contributed by atoms with Crippen LogP contribution in [0.4, 0.5) is 0 Å². The summed E-state index contributed by atoms with van der Waals surface area (Å²) in [5.74, 6) is 3.03. The maximum Gasteiger partial charge on any atom is 0.251 e. The van der Waals surface area contributed by atoms with Gasteiger partial charge in [-0.05, 0) is 37.6 Å². The molecule has 1 unspecified atom stereocenters. The van der Waals surface area contributed by atoms with E-state index in [1.165, 1.54) is 0 Å². The number of amides is 1. The molecule has 1 aromatic carbocycles. The molecule has 0 radical (unpaired) electrons. The van der Waals surface area contributed by atoms with Crippen molar-refractivity contribution in [3.63, 3.8) is 0 Å². The Morgan fingerprint density at radius 3 is 2.72 bits per heavy atom. The first-order valence-corrected chi connectivity index (χ1v) is 10.5. The first kappa shape index (κ1) is 25.8. The molecule has 1 aromatic heterocycles. The van der Waals surface area contributed by atoms with Crippen LogP contribution < -0.4 is 20.7 Å². The van der Waals surface area contributed by atoms with Crippen molar-refractivity contribution in [1.29, 1.82) is 0 Å². The molecule has 1 amide bonds. The van der Waals surface area contributed by atoms with Crippen LogP contribution >= 0.6 is 24.0 Å². The van der Waals surface area contributed by atoms with E-state index in [-0.39, 0.29) is 35.9 Å². The fourth-order valence-electron chi connectivity index (χ4n) is 3.36. The highest BCUT2D eigenvalue weighted by molar-refractivity contribution is 14.0. The molecular formula is C21H32IN7O3. The molecule has 0 aliphatic carbocycles. The number of methoxy groups -OCH3 is 2. The Hall–Kier alpha value is -2.41. The van der Waals surface area contributed by atoms with E-state index in [0.29, 0.717) is 31.1 Å². The topological polar surface area (TPSA) is 115 Å². The van der Waals surface area contributed by atoms with E-state index in [9.17, 15) is 4.79 Å². The molecule has 1 aliphatic rings. The second kappa shape index (κ2) is 13.2. The van der Waals surface area contributed by atoms with Gasteiger partial charge in [0.05, 0.1) is 20.2 Å². The van der Waals surface area contributed by atoms with Crippen LogP contribution in [0.2, 0.25) is 0 Å². The number of nitrogens with zero attached hydrogens (tertiary/aromatic N) is 4. The number of rotatable bonds is 9. The van der Waals surface area contributed by atoms with Crippen molar-refractivity contribution >= 4 is 35.8 Å². The largest absolute Gasteiger partial charge is 0.497 e. The second-order valence-corrected chi connectivity index (χ2v) is 7.18. The minimum atomic E-state index is -0.131. The molecule has 2 heterocycles.